The van der Waals surface area contributed by atoms with Gasteiger partial charge in [-0.15, -0.1) is 0 Å². The van der Waals surface area contributed by atoms with Crippen LogP contribution in [0.1, 0.15) is 10.4 Å². The lowest BCUT2D eigenvalue weighted by Gasteiger charge is -2.01. The number of aromatic nitrogens is 3. The Balaban J connectivity index is 1.76. The van der Waals surface area contributed by atoms with Gasteiger partial charge >= 0.3 is 0 Å². The first-order chi connectivity index (χ1) is 10.6. The summed E-state index contributed by atoms with van der Waals surface area (Å²) in [7, 11) is 0. The first-order valence-corrected chi connectivity index (χ1v) is 6.46. The molecule has 0 spiro atoms. The number of hydrogen-bond donors (Lipinski definition) is 3. The van der Waals surface area contributed by atoms with E-state index in [4.69, 9.17) is 5.73 Å². The van der Waals surface area contributed by atoms with E-state index in [-0.39, 0.29) is 5.82 Å². The number of primary amides is 1. The topological polar surface area (TPSA) is 96.7 Å². The maximum atomic E-state index is 12.9. The molecule has 3 aromatic rings. The van der Waals surface area contributed by atoms with Gasteiger partial charge in [0.25, 0.3) is 0 Å². The van der Waals surface area contributed by atoms with Gasteiger partial charge in [0, 0.05) is 12.3 Å². The minimum atomic E-state index is -0.530. The van der Waals surface area contributed by atoms with Crippen LogP contribution in [0, 0.1) is 5.82 Å². The zero-order chi connectivity index (χ0) is 15.5. The third kappa shape index (κ3) is 2.93. The number of rotatable bonds is 4. The van der Waals surface area contributed by atoms with Gasteiger partial charge in [0.1, 0.15) is 11.6 Å². The van der Waals surface area contributed by atoms with E-state index in [1.54, 1.807) is 30.3 Å². The Bertz CT molecular complexity index is 796. The van der Waals surface area contributed by atoms with Crippen LogP contribution in [-0.2, 0) is 0 Å². The lowest BCUT2D eigenvalue weighted by atomic mass is 10.1. The lowest BCUT2D eigenvalue weighted by Crippen LogP contribution is -2.11. The molecule has 0 radical (unpaired) electrons. The fourth-order valence-corrected chi connectivity index (χ4v) is 1.91. The number of hydrogen-bond acceptors (Lipinski definition) is 4. The van der Waals surface area contributed by atoms with Gasteiger partial charge in [0.15, 0.2) is 5.82 Å². The summed E-state index contributed by atoms with van der Waals surface area (Å²) < 4.78 is 12.9. The van der Waals surface area contributed by atoms with Gasteiger partial charge in [-0.25, -0.2) is 9.37 Å². The molecule has 0 aliphatic rings. The second-order valence-corrected chi connectivity index (χ2v) is 4.60. The van der Waals surface area contributed by atoms with Crippen molar-refractivity contribution in [2.45, 2.75) is 0 Å². The van der Waals surface area contributed by atoms with E-state index in [0.717, 1.165) is 11.3 Å². The molecule has 4 N–H and O–H groups in total. The highest BCUT2D eigenvalue weighted by Crippen LogP contribution is 2.21. The standard InChI is InChI=1S/C15H12FN5O/c16-11-4-1-9(2-5-11)12-7-14(21-20-12)19-13-6-3-10(8-18-13)15(17)22/h1-8H,(H2,17,22)(H2,18,19,20,21). The number of carbonyl (C=O) groups excluding carboxylic acids is 1. The quantitative estimate of drug-likeness (QED) is 0.689. The fourth-order valence-electron chi connectivity index (χ4n) is 1.91. The molecule has 1 aromatic carbocycles. The van der Waals surface area contributed by atoms with Crippen molar-refractivity contribution in [3.8, 4) is 11.3 Å². The molecule has 0 unspecified atom stereocenters. The van der Waals surface area contributed by atoms with Gasteiger partial charge in [0.2, 0.25) is 5.91 Å². The molecule has 0 aliphatic carbocycles. The van der Waals surface area contributed by atoms with Crippen molar-refractivity contribution < 1.29 is 9.18 Å². The number of nitrogens with two attached hydrogens (primary N) is 1. The van der Waals surface area contributed by atoms with E-state index in [2.05, 4.69) is 20.5 Å². The number of carbonyl (C=O) groups is 1. The van der Waals surface area contributed by atoms with Crippen LogP contribution in [0.2, 0.25) is 0 Å². The van der Waals surface area contributed by atoms with Gasteiger partial charge < -0.3 is 11.1 Å². The Morgan fingerprint density at radius 3 is 2.55 bits per heavy atom. The normalized spacial score (nSPS) is 10.4. The molecule has 0 fully saturated rings. The van der Waals surface area contributed by atoms with Gasteiger partial charge in [0.05, 0.1) is 11.3 Å². The van der Waals surface area contributed by atoms with Crippen LogP contribution < -0.4 is 11.1 Å². The Hall–Kier alpha value is -3.22. The third-order valence-electron chi connectivity index (χ3n) is 3.04. The van der Waals surface area contributed by atoms with Crippen molar-refractivity contribution in [3.05, 3.63) is 60.0 Å². The summed E-state index contributed by atoms with van der Waals surface area (Å²) in [4.78, 5) is 15.0. The van der Waals surface area contributed by atoms with Gasteiger partial charge in [-0.1, -0.05) is 0 Å². The van der Waals surface area contributed by atoms with Gasteiger partial charge in [-0.05, 0) is 42.0 Å². The Morgan fingerprint density at radius 2 is 1.91 bits per heavy atom. The largest absolute Gasteiger partial charge is 0.366 e. The second-order valence-electron chi connectivity index (χ2n) is 4.60. The van der Waals surface area contributed by atoms with Crippen LogP contribution in [0.3, 0.4) is 0 Å². The van der Waals surface area contributed by atoms with Crippen molar-refractivity contribution in [1.82, 2.24) is 15.2 Å². The van der Waals surface area contributed by atoms with E-state index in [9.17, 15) is 9.18 Å². The molecular formula is C15H12FN5O. The number of amides is 1. The third-order valence-corrected chi connectivity index (χ3v) is 3.04. The summed E-state index contributed by atoms with van der Waals surface area (Å²) in [5, 5.41) is 9.95. The highest BCUT2D eigenvalue weighted by molar-refractivity contribution is 5.92. The molecule has 0 aliphatic heterocycles. The number of halogens is 1. The smallest absolute Gasteiger partial charge is 0.250 e. The summed E-state index contributed by atoms with van der Waals surface area (Å²) in [5.41, 5.74) is 7.05. The summed E-state index contributed by atoms with van der Waals surface area (Å²) >= 11 is 0. The average molecular weight is 297 g/mol. The highest BCUT2D eigenvalue weighted by Gasteiger charge is 2.06. The predicted octanol–water partition coefficient (Wildman–Crippen LogP) is 2.45. The molecule has 6 nitrogen and oxygen atoms in total. The molecule has 2 heterocycles. The van der Waals surface area contributed by atoms with Crippen LogP contribution in [0.5, 0.6) is 0 Å². The molecular weight excluding hydrogens is 285 g/mol. The number of anilines is 2. The molecule has 2 aromatic heterocycles. The fraction of sp³-hybridized carbons (Fsp3) is 0. The second kappa shape index (κ2) is 5.65. The molecule has 0 saturated heterocycles. The van der Waals surface area contributed by atoms with Crippen molar-refractivity contribution in [3.63, 3.8) is 0 Å². The Kier molecular flexibility index (Phi) is 3.53. The summed E-state index contributed by atoms with van der Waals surface area (Å²) in [6, 6.07) is 11.1. The molecule has 1 amide bonds. The number of nitrogens with one attached hydrogen (secondary N) is 2. The van der Waals surface area contributed by atoms with Crippen LogP contribution in [0.25, 0.3) is 11.3 Å². The van der Waals surface area contributed by atoms with Crippen LogP contribution in [-0.4, -0.2) is 21.1 Å². The zero-order valence-electron chi connectivity index (χ0n) is 11.4. The maximum Gasteiger partial charge on any atom is 0.250 e. The highest BCUT2D eigenvalue weighted by atomic mass is 19.1. The number of benzene rings is 1. The average Bonchev–Trinajstić information content (AvgIpc) is 2.97. The molecule has 0 saturated carbocycles. The summed E-state index contributed by atoms with van der Waals surface area (Å²) in [6.45, 7) is 0. The van der Waals surface area contributed by atoms with E-state index in [1.165, 1.54) is 18.3 Å². The first kappa shape index (κ1) is 13.7. The van der Waals surface area contributed by atoms with Crippen molar-refractivity contribution >= 4 is 17.5 Å². The predicted molar refractivity (Wildman–Crippen MR) is 80.0 cm³/mol. The number of H-pyrrole nitrogens is 1. The SMILES string of the molecule is NC(=O)c1ccc(Nc2cc(-c3ccc(F)cc3)[nH]n2)nc1. The van der Waals surface area contributed by atoms with Crippen LogP contribution >= 0.6 is 0 Å². The van der Waals surface area contributed by atoms with Crippen LogP contribution in [0.4, 0.5) is 16.0 Å². The number of pyridine rings is 1. The van der Waals surface area contributed by atoms with Crippen molar-refractivity contribution in [1.29, 1.82) is 0 Å². The first-order valence-electron chi connectivity index (χ1n) is 6.46. The molecule has 3 rings (SSSR count). The zero-order valence-corrected chi connectivity index (χ0v) is 11.4. The number of aromatic amines is 1. The van der Waals surface area contributed by atoms with E-state index in [1.807, 2.05) is 0 Å². The van der Waals surface area contributed by atoms with Crippen LogP contribution in [0.15, 0.2) is 48.7 Å². The summed E-state index contributed by atoms with van der Waals surface area (Å²) in [6.07, 6.45) is 1.39. The minimum absolute atomic E-state index is 0.291. The van der Waals surface area contributed by atoms with E-state index in [0.29, 0.717) is 17.2 Å². The van der Waals surface area contributed by atoms with E-state index >= 15 is 0 Å². The molecule has 22 heavy (non-hydrogen) atoms. The minimum Gasteiger partial charge on any atom is -0.366 e. The lowest BCUT2D eigenvalue weighted by molar-refractivity contribution is 0.1000. The molecule has 7 heteroatoms. The van der Waals surface area contributed by atoms with E-state index < -0.39 is 5.91 Å². The summed E-state index contributed by atoms with van der Waals surface area (Å²) in [5.74, 6) is 0.263. The maximum absolute atomic E-state index is 12.9. The van der Waals surface area contributed by atoms with Gasteiger partial charge in [-0.3, -0.25) is 9.89 Å². The van der Waals surface area contributed by atoms with Crippen molar-refractivity contribution in [2.75, 3.05) is 5.32 Å². The van der Waals surface area contributed by atoms with Gasteiger partial charge in [-0.2, -0.15) is 5.10 Å². The van der Waals surface area contributed by atoms with Crippen molar-refractivity contribution in [2.24, 2.45) is 5.73 Å². The molecule has 0 atom stereocenters. The molecule has 110 valence electrons. The number of nitrogens with zero attached hydrogens (tertiary/aromatic N) is 2. The monoisotopic (exact) mass is 297 g/mol. The molecule has 0 bridgehead atoms. The Labute approximate surface area is 125 Å². The Morgan fingerprint density at radius 1 is 1.14 bits per heavy atom.